The molecule has 2 unspecified atom stereocenters. The number of methoxy groups -OCH3 is 1. The fraction of sp³-hybridized carbons (Fsp3) is 0.625. The summed E-state index contributed by atoms with van der Waals surface area (Å²) in [6, 6.07) is 6.65. The van der Waals surface area contributed by atoms with Crippen LogP contribution >= 0.6 is 0 Å². The third-order valence-electron chi connectivity index (χ3n) is 3.86. The van der Waals surface area contributed by atoms with E-state index in [9.17, 15) is 0 Å². The number of anilines is 1. The summed E-state index contributed by atoms with van der Waals surface area (Å²) in [6.45, 7) is 6.69. The minimum atomic E-state index is 0.106. The largest absolute Gasteiger partial charge is 0.491 e. The van der Waals surface area contributed by atoms with Crippen LogP contribution in [0.4, 0.5) is 5.69 Å². The van der Waals surface area contributed by atoms with Gasteiger partial charge in [-0.2, -0.15) is 0 Å². The van der Waals surface area contributed by atoms with Crippen LogP contribution in [0.1, 0.15) is 25.3 Å². The number of hydrogen-bond donors (Lipinski definition) is 1. The Kier molecular flexibility index (Phi) is 5.26. The molecule has 2 rings (SSSR count). The van der Waals surface area contributed by atoms with Gasteiger partial charge in [0.2, 0.25) is 0 Å². The van der Waals surface area contributed by atoms with Gasteiger partial charge in [-0.15, -0.1) is 0 Å². The highest BCUT2D eigenvalue weighted by atomic mass is 16.5. The minimum Gasteiger partial charge on any atom is -0.491 e. The van der Waals surface area contributed by atoms with Gasteiger partial charge in [0, 0.05) is 31.9 Å². The molecule has 0 saturated carbocycles. The third kappa shape index (κ3) is 3.87. The lowest BCUT2D eigenvalue weighted by molar-refractivity contribution is 0.0714. The van der Waals surface area contributed by atoms with E-state index in [0.29, 0.717) is 12.6 Å². The monoisotopic (exact) mass is 278 g/mol. The maximum Gasteiger partial charge on any atom is 0.122 e. The third-order valence-corrected chi connectivity index (χ3v) is 3.86. The molecule has 112 valence electrons. The summed E-state index contributed by atoms with van der Waals surface area (Å²) < 4.78 is 11.0. The van der Waals surface area contributed by atoms with Crippen LogP contribution in [0.25, 0.3) is 0 Å². The Balaban J connectivity index is 2.01. The maximum atomic E-state index is 6.05. The average Bonchev–Trinajstić information content (AvgIpc) is 2.45. The molecule has 2 N–H and O–H groups in total. The Bertz CT molecular complexity index is 436. The molecular weight excluding hydrogens is 252 g/mol. The molecule has 4 nitrogen and oxygen atoms in total. The summed E-state index contributed by atoms with van der Waals surface area (Å²) in [5.74, 6) is 0.930. The predicted molar refractivity (Wildman–Crippen MR) is 82.6 cm³/mol. The summed E-state index contributed by atoms with van der Waals surface area (Å²) in [7, 11) is 1.70. The number of hydrogen-bond acceptors (Lipinski definition) is 4. The van der Waals surface area contributed by atoms with Gasteiger partial charge >= 0.3 is 0 Å². The van der Waals surface area contributed by atoms with E-state index in [2.05, 4.69) is 24.0 Å². The normalized spacial score (nSPS) is 20.8. The first kappa shape index (κ1) is 15.1. The zero-order chi connectivity index (χ0) is 14.5. The number of aryl methyl sites for hydroxylation is 1. The zero-order valence-corrected chi connectivity index (χ0v) is 12.8. The Hall–Kier alpha value is -1.26. The summed E-state index contributed by atoms with van der Waals surface area (Å²) in [5, 5.41) is 0. The topological polar surface area (TPSA) is 47.7 Å². The maximum absolute atomic E-state index is 6.05. The van der Waals surface area contributed by atoms with Gasteiger partial charge in [0.25, 0.3) is 0 Å². The molecule has 0 radical (unpaired) electrons. The minimum absolute atomic E-state index is 0.106. The lowest BCUT2D eigenvalue weighted by atomic mass is 10.1. The molecule has 1 fully saturated rings. The standard InChI is InChI=1S/C16H26N2O2/c1-12-9-15(18-8-4-5-14(17)10-18)6-7-16(12)20-11-13(2)19-3/h6-7,9,13-14H,4-5,8,10-11,17H2,1-3H3. The van der Waals surface area contributed by atoms with Gasteiger partial charge < -0.3 is 20.1 Å². The molecule has 4 heteroatoms. The molecular formula is C16H26N2O2. The highest BCUT2D eigenvalue weighted by Gasteiger charge is 2.17. The van der Waals surface area contributed by atoms with Crippen molar-refractivity contribution in [2.45, 2.75) is 38.8 Å². The summed E-state index contributed by atoms with van der Waals surface area (Å²) in [5.41, 5.74) is 8.44. The van der Waals surface area contributed by atoms with Crippen LogP contribution in [0, 0.1) is 6.92 Å². The van der Waals surface area contributed by atoms with Gasteiger partial charge in [0.05, 0.1) is 6.10 Å². The number of benzene rings is 1. The van der Waals surface area contributed by atoms with E-state index >= 15 is 0 Å². The van der Waals surface area contributed by atoms with Gasteiger partial charge in [-0.05, 0) is 50.5 Å². The highest BCUT2D eigenvalue weighted by Crippen LogP contribution is 2.26. The number of ether oxygens (including phenoxy) is 2. The van der Waals surface area contributed by atoms with Gasteiger partial charge in [0.1, 0.15) is 12.4 Å². The second-order valence-electron chi connectivity index (χ2n) is 5.66. The van der Waals surface area contributed by atoms with E-state index in [1.807, 2.05) is 13.0 Å². The van der Waals surface area contributed by atoms with E-state index in [1.165, 1.54) is 12.1 Å². The van der Waals surface area contributed by atoms with Gasteiger partial charge in [-0.3, -0.25) is 0 Å². The van der Waals surface area contributed by atoms with Crippen molar-refractivity contribution in [3.05, 3.63) is 23.8 Å². The van der Waals surface area contributed by atoms with Crippen molar-refractivity contribution in [1.82, 2.24) is 0 Å². The van der Waals surface area contributed by atoms with Crippen LogP contribution < -0.4 is 15.4 Å². The van der Waals surface area contributed by atoms with Crippen molar-refractivity contribution < 1.29 is 9.47 Å². The summed E-state index contributed by atoms with van der Waals surface area (Å²) in [4.78, 5) is 2.36. The van der Waals surface area contributed by atoms with Crippen molar-refractivity contribution in [3.63, 3.8) is 0 Å². The van der Waals surface area contributed by atoms with Crippen LogP contribution in [0.15, 0.2) is 18.2 Å². The fourth-order valence-corrected chi connectivity index (χ4v) is 2.51. The van der Waals surface area contributed by atoms with Crippen molar-refractivity contribution >= 4 is 5.69 Å². The van der Waals surface area contributed by atoms with Crippen LogP contribution in [-0.4, -0.2) is 39.0 Å². The van der Waals surface area contributed by atoms with Crippen LogP contribution in [-0.2, 0) is 4.74 Å². The van der Waals surface area contributed by atoms with E-state index in [0.717, 1.165) is 30.8 Å². The number of nitrogens with two attached hydrogens (primary N) is 1. The molecule has 1 saturated heterocycles. The Morgan fingerprint density at radius 2 is 2.25 bits per heavy atom. The summed E-state index contributed by atoms with van der Waals surface area (Å²) >= 11 is 0. The molecule has 1 aromatic rings. The van der Waals surface area contributed by atoms with Gasteiger partial charge in [-0.25, -0.2) is 0 Å². The predicted octanol–water partition coefficient (Wildman–Crippen LogP) is 2.34. The number of piperidine rings is 1. The Morgan fingerprint density at radius 1 is 1.45 bits per heavy atom. The average molecular weight is 278 g/mol. The molecule has 1 aromatic carbocycles. The SMILES string of the molecule is COC(C)COc1ccc(N2CCCC(N)C2)cc1C. The number of nitrogens with zero attached hydrogens (tertiary/aromatic N) is 1. The molecule has 0 aliphatic carbocycles. The molecule has 2 atom stereocenters. The highest BCUT2D eigenvalue weighted by molar-refractivity contribution is 5.53. The molecule has 0 spiro atoms. The second-order valence-corrected chi connectivity index (χ2v) is 5.66. The van der Waals surface area contributed by atoms with E-state index in [-0.39, 0.29) is 6.10 Å². The molecule has 0 aromatic heterocycles. The van der Waals surface area contributed by atoms with Gasteiger partial charge in [0.15, 0.2) is 0 Å². The summed E-state index contributed by atoms with van der Waals surface area (Å²) in [6.07, 6.45) is 2.41. The fourth-order valence-electron chi connectivity index (χ4n) is 2.51. The van der Waals surface area contributed by atoms with Crippen molar-refractivity contribution in [1.29, 1.82) is 0 Å². The molecule has 1 aliphatic heterocycles. The van der Waals surface area contributed by atoms with E-state index in [1.54, 1.807) is 7.11 Å². The van der Waals surface area contributed by atoms with Crippen LogP contribution in [0.5, 0.6) is 5.75 Å². The first-order valence-corrected chi connectivity index (χ1v) is 7.37. The van der Waals surface area contributed by atoms with E-state index in [4.69, 9.17) is 15.2 Å². The molecule has 0 bridgehead atoms. The molecule has 1 aliphatic rings. The van der Waals surface area contributed by atoms with Crippen molar-refractivity contribution in [2.75, 3.05) is 31.7 Å². The molecule has 0 amide bonds. The first-order valence-electron chi connectivity index (χ1n) is 7.37. The Morgan fingerprint density at radius 3 is 2.90 bits per heavy atom. The number of rotatable bonds is 5. The second kappa shape index (κ2) is 6.95. The molecule has 20 heavy (non-hydrogen) atoms. The smallest absolute Gasteiger partial charge is 0.122 e. The van der Waals surface area contributed by atoms with Crippen LogP contribution in [0.3, 0.4) is 0 Å². The van der Waals surface area contributed by atoms with Crippen LogP contribution in [0.2, 0.25) is 0 Å². The van der Waals surface area contributed by atoms with Crippen molar-refractivity contribution in [3.8, 4) is 5.75 Å². The van der Waals surface area contributed by atoms with E-state index < -0.39 is 0 Å². The quantitative estimate of drug-likeness (QED) is 0.898. The first-order chi connectivity index (χ1) is 9.60. The zero-order valence-electron chi connectivity index (χ0n) is 12.8. The lowest BCUT2D eigenvalue weighted by Crippen LogP contribution is -2.42. The Labute approximate surface area is 121 Å². The van der Waals surface area contributed by atoms with Gasteiger partial charge in [-0.1, -0.05) is 0 Å². The lowest BCUT2D eigenvalue weighted by Gasteiger charge is -2.33. The van der Waals surface area contributed by atoms with Crippen molar-refractivity contribution in [2.24, 2.45) is 5.73 Å². The molecule has 1 heterocycles.